The summed E-state index contributed by atoms with van der Waals surface area (Å²) in [7, 11) is -2.40. The molecule has 1 N–H and O–H groups in total. The van der Waals surface area contributed by atoms with E-state index in [1.807, 2.05) is 54.6 Å². The summed E-state index contributed by atoms with van der Waals surface area (Å²) in [5.74, 6) is 0.282. The normalized spacial score (nSPS) is 11.6. The summed E-state index contributed by atoms with van der Waals surface area (Å²) in [4.78, 5) is 8.91. The number of hydrogen-bond acceptors (Lipinski definition) is 6. The van der Waals surface area contributed by atoms with E-state index in [1.165, 1.54) is 36.6 Å². The molecule has 0 saturated carbocycles. The van der Waals surface area contributed by atoms with Crippen LogP contribution in [0.4, 0.5) is 10.8 Å². The Kier molecular flexibility index (Phi) is 6.55. The van der Waals surface area contributed by atoms with Crippen LogP contribution in [0.25, 0.3) is 11.3 Å². The highest BCUT2D eigenvalue weighted by Gasteiger charge is 2.18. The molecule has 0 bridgehead atoms. The average molecular weight is 484 g/mol. The second kappa shape index (κ2) is 9.52. The number of aromatic nitrogens is 1. The molecule has 4 rings (SSSR count). The standard InChI is InChI=1S/C23H18ClN3O3S2/c1-30-22-13-19(11-12-20(22)24)32(28,29)27-23-26-21(15-31-23)17-7-9-18(10-8-17)25-14-16-5-3-2-4-6-16/h2-15H,1H3,(H,26,27). The molecule has 0 amide bonds. The first-order valence-corrected chi connectivity index (χ1v) is 12.2. The zero-order valence-electron chi connectivity index (χ0n) is 16.9. The highest BCUT2D eigenvalue weighted by atomic mass is 35.5. The van der Waals surface area contributed by atoms with Gasteiger partial charge in [0.05, 0.1) is 28.4 Å². The molecule has 0 fully saturated rings. The van der Waals surface area contributed by atoms with Gasteiger partial charge in [0, 0.05) is 23.2 Å². The van der Waals surface area contributed by atoms with E-state index in [2.05, 4.69) is 14.7 Å². The van der Waals surface area contributed by atoms with E-state index in [-0.39, 0.29) is 15.8 Å². The lowest BCUT2D eigenvalue weighted by Crippen LogP contribution is -2.12. The Bertz CT molecular complexity index is 1350. The van der Waals surface area contributed by atoms with Crippen LogP contribution in [-0.2, 0) is 10.0 Å². The number of thiazole rings is 1. The first-order chi connectivity index (χ1) is 15.4. The topological polar surface area (TPSA) is 80.7 Å². The van der Waals surface area contributed by atoms with Crippen LogP contribution < -0.4 is 9.46 Å². The van der Waals surface area contributed by atoms with Crippen LogP contribution in [0.1, 0.15) is 5.56 Å². The Hall–Kier alpha value is -3.20. The summed E-state index contributed by atoms with van der Waals surface area (Å²) in [6.45, 7) is 0. The average Bonchev–Trinajstić information content (AvgIpc) is 3.26. The van der Waals surface area contributed by atoms with Crippen LogP contribution in [-0.4, -0.2) is 26.7 Å². The maximum absolute atomic E-state index is 12.7. The van der Waals surface area contributed by atoms with E-state index in [4.69, 9.17) is 16.3 Å². The number of anilines is 1. The molecule has 0 unspecified atom stereocenters. The number of ether oxygens (including phenoxy) is 1. The fourth-order valence-corrected chi connectivity index (χ4v) is 5.02. The van der Waals surface area contributed by atoms with Gasteiger partial charge in [0.25, 0.3) is 10.0 Å². The van der Waals surface area contributed by atoms with Crippen LogP contribution in [0.5, 0.6) is 5.75 Å². The lowest BCUT2D eigenvalue weighted by Gasteiger charge is -2.08. The number of rotatable bonds is 7. The van der Waals surface area contributed by atoms with Crippen LogP contribution in [0.15, 0.2) is 88.1 Å². The van der Waals surface area contributed by atoms with E-state index in [0.717, 1.165) is 16.8 Å². The van der Waals surface area contributed by atoms with Crippen LogP contribution in [0.2, 0.25) is 5.02 Å². The van der Waals surface area contributed by atoms with Gasteiger partial charge >= 0.3 is 0 Å². The van der Waals surface area contributed by atoms with Crippen molar-refractivity contribution in [2.75, 3.05) is 11.8 Å². The molecule has 162 valence electrons. The summed E-state index contributed by atoms with van der Waals surface area (Å²) in [5, 5.41) is 2.39. The van der Waals surface area contributed by atoms with E-state index in [0.29, 0.717) is 10.7 Å². The maximum atomic E-state index is 12.7. The first-order valence-electron chi connectivity index (χ1n) is 9.46. The van der Waals surface area contributed by atoms with Crippen LogP contribution in [0.3, 0.4) is 0 Å². The van der Waals surface area contributed by atoms with Gasteiger partial charge in [-0.25, -0.2) is 13.4 Å². The lowest BCUT2D eigenvalue weighted by atomic mass is 10.1. The van der Waals surface area contributed by atoms with Crippen molar-refractivity contribution >= 4 is 50.0 Å². The molecule has 4 aromatic rings. The molecule has 0 atom stereocenters. The molecular weight excluding hydrogens is 466 g/mol. The number of sulfonamides is 1. The molecule has 0 saturated heterocycles. The number of nitrogens with zero attached hydrogens (tertiary/aromatic N) is 2. The van der Waals surface area contributed by atoms with Crippen molar-refractivity contribution < 1.29 is 13.2 Å². The van der Waals surface area contributed by atoms with E-state index >= 15 is 0 Å². The van der Waals surface area contributed by atoms with Gasteiger partial charge in [-0.15, -0.1) is 11.3 Å². The van der Waals surface area contributed by atoms with E-state index in [9.17, 15) is 8.42 Å². The Morgan fingerprint density at radius 3 is 2.53 bits per heavy atom. The monoisotopic (exact) mass is 483 g/mol. The Morgan fingerprint density at radius 1 is 1.06 bits per heavy atom. The molecule has 1 heterocycles. The number of aliphatic imine (C=N–C) groups is 1. The van der Waals surface area contributed by atoms with Crippen molar-refractivity contribution in [3.63, 3.8) is 0 Å². The van der Waals surface area contributed by atoms with Gasteiger partial charge < -0.3 is 4.74 Å². The zero-order chi connectivity index (χ0) is 22.6. The van der Waals surface area contributed by atoms with Gasteiger partial charge in [0.2, 0.25) is 0 Å². The van der Waals surface area contributed by atoms with Gasteiger partial charge in [-0.3, -0.25) is 9.71 Å². The smallest absolute Gasteiger partial charge is 0.263 e. The minimum Gasteiger partial charge on any atom is -0.495 e. The Balaban J connectivity index is 1.48. The second-order valence-electron chi connectivity index (χ2n) is 6.66. The summed E-state index contributed by atoms with van der Waals surface area (Å²) < 4.78 is 33.0. The van der Waals surface area contributed by atoms with Gasteiger partial charge in [-0.2, -0.15) is 0 Å². The third kappa shape index (κ3) is 5.16. The van der Waals surface area contributed by atoms with Crippen LogP contribution >= 0.6 is 22.9 Å². The molecule has 9 heteroatoms. The minimum absolute atomic E-state index is 0.0381. The molecule has 0 aliphatic rings. The molecule has 0 aliphatic heterocycles. The molecule has 0 aliphatic carbocycles. The number of halogens is 1. The van der Waals surface area contributed by atoms with Crippen molar-refractivity contribution in [3.8, 4) is 17.0 Å². The predicted molar refractivity (Wildman–Crippen MR) is 130 cm³/mol. The predicted octanol–water partition coefficient (Wildman–Crippen LogP) is 6.02. The number of hydrogen-bond donors (Lipinski definition) is 1. The molecular formula is C23H18ClN3O3S2. The Morgan fingerprint density at radius 2 is 1.81 bits per heavy atom. The van der Waals surface area contributed by atoms with Crippen molar-refractivity contribution in [1.82, 2.24) is 4.98 Å². The fourth-order valence-electron chi connectivity index (χ4n) is 2.84. The minimum atomic E-state index is -3.83. The van der Waals surface area contributed by atoms with Crippen molar-refractivity contribution in [2.45, 2.75) is 4.90 Å². The summed E-state index contributed by atoms with van der Waals surface area (Å²) in [6, 6.07) is 21.7. The second-order valence-corrected chi connectivity index (χ2v) is 9.60. The highest BCUT2D eigenvalue weighted by Crippen LogP contribution is 2.30. The molecule has 32 heavy (non-hydrogen) atoms. The largest absolute Gasteiger partial charge is 0.495 e. The lowest BCUT2D eigenvalue weighted by molar-refractivity contribution is 0.413. The summed E-state index contributed by atoms with van der Waals surface area (Å²) in [5.41, 5.74) is 3.36. The maximum Gasteiger partial charge on any atom is 0.263 e. The highest BCUT2D eigenvalue weighted by molar-refractivity contribution is 7.93. The van der Waals surface area contributed by atoms with Gasteiger partial charge in [0.15, 0.2) is 5.13 Å². The number of benzene rings is 3. The fraction of sp³-hybridized carbons (Fsp3) is 0.0435. The third-order valence-corrected chi connectivity index (χ3v) is 7.02. The van der Waals surface area contributed by atoms with Gasteiger partial charge in [-0.05, 0) is 29.8 Å². The van der Waals surface area contributed by atoms with E-state index < -0.39 is 10.0 Å². The first kappa shape index (κ1) is 22.0. The third-order valence-electron chi connectivity index (χ3n) is 4.48. The molecule has 3 aromatic carbocycles. The Labute approximate surface area is 195 Å². The molecule has 1 aromatic heterocycles. The van der Waals surface area contributed by atoms with Crippen LogP contribution in [0, 0.1) is 0 Å². The quantitative estimate of drug-likeness (QED) is 0.326. The SMILES string of the molecule is COc1cc(S(=O)(=O)Nc2nc(-c3ccc(N=Cc4ccccc4)cc3)cs2)ccc1Cl. The van der Waals surface area contributed by atoms with Crippen molar-refractivity contribution in [1.29, 1.82) is 0 Å². The number of nitrogens with one attached hydrogen (secondary N) is 1. The number of methoxy groups -OCH3 is 1. The molecule has 6 nitrogen and oxygen atoms in total. The zero-order valence-corrected chi connectivity index (χ0v) is 19.3. The van der Waals surface area contributed by atoms with Gasteiger partial charge in [-0.1, -0.05) is 54.1 Å². The summed E-state index contributed by atoms with van der Waals surface area (Å²) in [6.07, 6.45) is 1.80. The summed E-state index contributed by atoms with van der Waals surface area (Å²) >= 11 is 7.18. The molecule has 0 spiro atoms. The van der Waals surface area contributed by atoms with E-state index in [1.54, 1.807) is 11.6 Å². The van der Waals surface area contributed by atoms with Gasteiger partial charge in [0.1, 0.15) is 5.75 Å². The van der Waals surface area contributed by atoms with Crippen molar-refractivity contribution in [2.24, 2.45) is 4.99 Å². The van der Waals surface area contributed by atoms with Crippen molar-refractivity contribution in [3.05, 3.63) is 88.8 Å². The molecule has 0 radical (unpaired) electrons.